The third-order valence-electron chi connectivity index (χ3n) is 4.03. The molecule has 4 unspecified atom stereocenters. The minimum Gasteiger partial charge on any atom is -0.303 e. The Morgan fingerprint density at radius 1 is 1.08 bits per heavy atom. The first kappa shape index (κ1) is 8.55. The van der Waals surface area contributed by atoms with Crippen molar-refractivity contribution in [2.75, 3.05) is 13.6 Å². The van der Waals surface area contributed by atoms with Crippen LogP contribution in [0.2, 0.25) is 0 Å². The molecule has 4 atom stereocenters. The summed E-state index contributed by atoms with van der Waals surface area (Å²) in [6, 6.07) is 0.911. The molecule has 1 aliphatic carbocycles. The average Bonchev–Trinajstić information content (AvgIpc) is 2.29. The Balaban J connectivity index is 2.13. The number of hydrogen-bond donors (Lipinski definition) is 0. The van der Waals surface area contributed by atoms with Gasteiger partial charge in [0, 0.05) is 12.6 Å². The van der Waals surface area contributed by atoms with Gasteiger partial charge >= 0.3 is 0 Å². The number of likely N-dealkylation sites (tertiary alicyclic amines) is 1. The van der Waals surface area contributed by atoms with Crippen LogP contribution in [0.1, 0.15) is 33.1 Å². The van der Waals surface area contributed by atoms with Crippen molar-refractivity contribution in [1.29, 1.82) is 0 Å². The van der Waals surface area contributed by atoms with Crippen LogP contribution in [0, 0.1) is 17.8 Å². The molecule has 0 N–H and O–H groups in total. The van der Waals surface area contributed by atoms with E-state index >= 15 is 0 Å². The first-order chi connectivity index (χ1) is 5.70. The Labute approximate surface area is 76.1 Å². The number of rotatable bonds is 0. The quantitative estimate of drug-likeness (QED) is 0.535. The maximum Gasteiger partial charge on any atom is 0.0149 e. The average molecular weight is 167 g/mol. The molecule has 2 fully saturated rings. The van der Waals surface area contributed by atoms with E-state index in [-0.39, 0.29) is 0 Å². The van der Waals surface area contributed by atoms with Crippen LogP contribution in [0.5, 0.6) is 0 Å². The van der Waals surface area contributed by atoms with E-state index < -0.39 is 0 Å². The van der Waals surface area contributed by atoms with Gasteiger partial charge in [0.25, 0.3) is 0 Å². The van der Waals surface area contributed by atoms with E-state index in [9.17, 15) is 0 Å². The van der Waals surface area contributed by atoms with Crippen molar-refractivity contribution >= 4 is 0 Å². The van der Waals surface area contributed by atoms with Crippen molar-refractivity contribution in [1.82, 2.24) is 4.90 Å². The van der Waals surface area contributed by atoms with Crippen LogP contribution in [-0.4, -0.2) is 24.5 Å². The largest absolute Gasteiger partial charge is 0.303 e. The van der Waals surface area contributed by atoms with E-state index in [1.807, 2.05) is 0 Å². The van der Waals surface area contributed by atoms with Crippen molar-refractivity contribution in [2.24, 2.45) is 17.8 Å². The molecule has 2 aliphatic rings. The van der Waals surface area contributed by atoms with Gasteiger partial charge in [-0.25, -0.2) is 0 Å². The van der Waals surface area contributed by atoms with Crippen molar-refractivity contribution in [3.05, 3.63) is 0 Å². The van der Waals surface area contributed by atoms with Crippen LogP contribution in [0.25, 0.3) is 0 Å². The molecule has 70 valence electrons. The number of nitrogens with zero attached hydrogens (tertiary/aromatic N) is 1. The highest BCUT2D eigenvalue weighted by Crippen LogP contribution is 2.41. The third-order valence-corrected chi connectivity index (χ3v) is 4.03. The molecule has 0 radical (unpaired) electrons. The molecule has 0 spiro atoms. The Morgan fingerprint density at radius 2 is 1.83 bits per heavy atom. The normalized spacial score (nSPS) is 49.2. The van der Waals surface area contributed by atoms with Gasteiger partial charge in [-0.05, 0) is 37.6 Å². The molecule has 1 heterocycles. The summed E-state index contributed by atoms with van der Waals surface area (Å²) in [5.74, 6) is 2.90. The lowest BCUT2D eigenvalue weighted by Crippen LogP contribution is -2.38. The fourth-order valence-corrected chi connectivity index (χ4v) is 3.53. The molecule has 12 heavy (non-hydrogen) atoms. The number of fused-ring (bicyclic) bond motifs is 1. The van der Waals surface area contributed by atoms with Crippen LogP contribution in [0.4, 0.5) is 0 Å². The molecule has 0 aromatic heterocycles. The molecule has 0 aromatic carbocycles. The Bertz CT molecular complexity index is 162. The summed E-state index contributed by atoms with van der Waals surface area (Å²) in [5.41, 5.74) is 0. The van der Waals surface area contributed by atoms with E-state index in [1.165, 1.54) is 25.8 Å². The van der Waals surface area contributed by atoms with Crippen molar-refractivity contribution in [3.63, 3.8) is 0 Å². The highest BCUT2D eigenvalue weighted by Gasteiger charge is 2.41. The highest BCUT2D eigenvalue weighted by molar-refractivity contribution is 4.94. The van der Waals surface area contributed by atoms with Gasteiger partial charge in [0.15, 0.2) is 0 Å². The van der Waals surface area contributed by atoms with Gasteiger partial charge in [-0.2, -0.15) is 0 Å². The maximum absolute atomic E-state index is 2.60. The maximum atomic E-state index is 2.60. The fourth-order valence-electron chi connectivity index (χ4n) is 3.53. The molecule has 1 saturated carbocycles. The molecule has 0 amide bonds. The van der Waals surface area contributed by atoms with Gasteiger partial charge in [0.2, 0.25) is 0 Å². The molecule has 0 aromatic rings. The lowest BCUT2D eigenvalue weighted by molar-refractivity contribution is 0.147. The zero-order chi connectivity index (χ0) is 8.72. The summed E-state index contributed by atoms with van der Waals surface area (Å²) in [4.78, 5) is 2.60. The molecule has 2 rings (SSSR count). The topological polar surface area (TPSA) is 3.24 Å². The van der Waals surface area contributed by atoms with E-state index in [2.05, 4.69) is 25.8 Å². The second kappa shape index (κ2) is 3.02. The van der Waals surface area contributed by atoms with Crippen molar-refractivity contribution in [3.8, 4) is 0 Å². The van der Waals surface area contributed by atoms with Gasteiger partial charge < -0.3 is 4.90 Å². The van der Waals surface area contributed by atoms with Crippen LogP contribution in [0.3, 0.4) is 0 Å². The SMILES string of the molecule is CC1CN(C)C2C(C)CCCC12. The van der Waals surface area contributed by atoms with E-state index in [0.29, 0.717) is 0 Å². The predicted molar refractivity (Wildman–Crippen MR) is 52.1 cm³/mol. The van der Waals surface area contributed by atoms with Crippen molar-refractivity contribution in [2.45, 2.75) is 39.2 Å². The van der Waals surface area contributed by atoms with E-state index in [4.69, 9.17) is 0 Å². The van der Waals surface area contributed by atoms with Gasteiger partial charge in [-0.3, -0.25) is 0 Å². The van der Waals surface area contributed by atoms with Gasteiger partial charge in [0.1, 0.15) is 0 Å². The van der Waals surface area contributed by atoms with Crippen LogP contribution >= 0.6 is 0 Å². The second-order valence-corrected chi connectivity index (χ2v) is 4.98. The van der Waals surface area contributed by atoms with E-state index in [0.717, 1.165) is 23.8 Å². The summed E-state index contributed by atoms with van der Waals surface area (Å²) >= 11 is 0. The molecule has 1 nitrogen and oxygen atoms in total. The Morgan fingerprint density at radius 3 is 2.50 bits per heavy atom. The summed E-state index contributed by atoms with van der Waals surface area (Å²) in [6.45, 7) is 6.20. The monoisotopic (exact) mass is 167 g/mol. The zero-order valence-corrected chi connectivity index (χ0v) is 8.59. The van der Waals surface area contributed by atoms with Crippen LogP contribution < -0.4 is 0 Å². The van der Waals surface area contributed by atoms with Gasteiger partial charge in [-0.15, -0.1) is 0 Å². The lowest BCUT2D eigenvalue weighted by atomic mass is 9.75. The standard InChI is InChI=1S/C11H21N/c1-8-5-4-6-10-9(2)7-12(3)11(8)10/h8-11H,4-7H2,1-3H3. The summed E-state index contributed by atoms with van der Waals surface area (Å²) < 4.78 is 0. The first-order valence-corrected chi connectivity index (χ1v) is 5.40. The minimum atomic E-state index is 0.911. The Kier molecular flexibility index (Phi) is 2.16. The predicted octanol–water partition coefficient (Wildman–Crippen LogP) is 2.37. The third kappa shape index (κ3) is 1.19. The second-order valence-electron chi connectivity index (χ2n) is 4.98. The van der Waals surface area contributed by atoms with Crippen LogP contribution in [0.15, 0.2) is 0 Å². The minimum absolute atomic E-state index is 0.911. The van der Waals surface area contributed by atoms with Crippen LogP contribution in [-0.2, 0) is 0 Å². The molecular weight excluding hydrogens is 146 g/mol. The van der Waals surface area contributed by atoms with Crippen molar-refractivity contribution < 1.29 is 0 Å². The Hall–Kier alpha value is -0.0400. The zero-order valence-electron chi connectivity index (χ0n) is 8.59. The fraction of sp³-hybridized carbons (Fsp3) is 1.00. The smallest absolute Gasteiger partial charge is 0.0149 e. The summed E-state index contributed by atoms with van der Waals surface area (Å²) in [6.07, 6.45) is 4.42. The lowest BCUT2D eigenvalue weighted by Gasteiger charge is -2.35. The number of hydrogen-bond acceptors (Lipinski definition) is 1. The summed E-state index contributed by atoms with van der Waals surface area (Å²) in [7, 11) is 2.31. The van der Waals surface area contributed by atoms with Gasteiger partial charge in [0.05, 0.1) is 0 Å². The first-order valence-electron chi connectivity index (χ1n) is 5.40. The molecule has 1 saturated heterocycles. The van der Waals surface area contributed by atoms with E-state index in [1.54, 1.807) is 0 Å². The molecule has 1 aliphatic heterocycles. The molecule has 1 heteroatoms. The highest BCUT2D eigenvalue weighted by atomic mass is 15.2. The van der Waals surface area contributed by atoms with Gasteiger partial charge in [-0.1, -0.05) is 20.3 Å². The molecule has 0 bridgehead atoms. The molecular formula is C11H21N. The summed E-state index contributed by atoms with van der Waals surface area (Å²) in [5, 5.41) is 0.